The molecule has 1 fully saturated rings. The quantitative estimate of drug-likeness (QED) is 0.800. The predicted octanol–water partition coefficient (Wildman–Crippen LogP) is 3.69. The first-order valence-electron chi connectivity index (χ1n) is 7.91. The molecule has 0 radical (unpaired) electrons. The zero-order valence-corrected chi connectivity index (χ0v) is 13.9. The Morgan fingerprint density at radius 2 is 1.86 bits per heavy atom. The van der Waals surface area contributed by atoms with Crippen LogP contribution in [0.1, 0.15) is 50.0 Å². The number of rotatable bonds is 3. The minimum Gasteiger partial charge on any atom is -0.444 e. The first-order chi connectivity index (χ1) is 10.3. The number of Topliss-reactive ketones (excluding diaryl/α,β-unsaturated/α-hetero) is 1. The van der Waals surface area contributed by atoms with Crippen molar-refractivity contribution in [2.45, 2.75) is 46.1 Å². The van der Waals surface area contributed by atoms with Gasteiger partial charge in [0.2, 0.25) is 0 Å². The van der Waals surface area contributed by atoms with Crippen molar-refractivity contribution in [2.24, 2.45) is 5.92 Å². The minimum atomic E-state index is -0.505. The van der Waals surface area contributed by atoms with E-state index in [0.717, 1.165) is 12.0 Å². The summed E-state index contributed by atoms with van der Waals surface area (Å²) in [6.07, 6.45) is 1.34. The van der Waals surface area contributed by atoms with Crippen LogP contribution in [0.25, 0.3) is 0 Å². The van der Waals surface area contributed by atoms with Crippen molar-refractivity contribution in [2.75, 3.05) is 13.1 Å². The number of carbonyl (C=O) groups excluding carboxylic acids is 2. The molecule has 1 saturated heterocycles. The number of hydrogen-bond acceptors (Lipinski definition) is 3. The molecule has 0 spiro atoms. The Bertz CT molecular complexity index is 542. The molecule has 1 heterocycles. The summed E-state index contributed by atoms with van der Waals surface area (Å²) in [4.78, 5) is 26.2. The highest BCUT2D eigenvalue weighted by Crippen LogP contribution is 2.23. The number of amides is 1. The largest absolute Gasteiger partial charge is 0.444 e. The molecular weight excluding hydrogens is 278 g/mol. The first kappa shape index (κ1) is 16.5. The van der Waals surface area contributed by atoms with E-state index < -0.39 is 5.60 Å². The number of likely N-dealkylation sites (tertiary alicyclic amines) is 1. The number of aryl methyl sites for hydroxylation is 1. The Morgan fingerprint density at radius 3 is 2.41 bits per heavy atom. The summed E-state index contributed by atoms with van der Waals surface area (Å²) in [6.45, 7) is 8.66. The van der Waals surface area contributed by atoms with Gasteiger partial charge in [-0.15, -0.1) is 0 Å². The molecule has 1 atom stereocenters. The van der Waals surface area contributed by atoms with E-state index >= 15 is 0 Å². The van der Waals surface area contributed by atoms with Gasteiger partial charge in [0.1, 0.15) is 5.60 Å². The van der Waals surface area contributed by atoms with E-state index in [9.17, 15) is 9.59 Å². The predicted molar refractivity (Wildman–Crippen MR) is 86.1 cm³/mol. The third-order valence-electron chi connectivity index (χ3n) is 3.86. The molecular formula is C18H25NO3. The van der Waals surface area contributed by atoms with E-state index in [4.69, 9.17) is 4.74 Å². The van der Waals surface area contributed by atoms with Crippen molar-refractivity contribution in [3.8, 4) is 0 Å². The summed E-state index contributed by atoms with van der Waals surface area (Å²) < 4.78 is 5.36. The molecule has 1 aromatic carbocycles. The zero-order chi connectivity index (χ0) is 16.3. The van der Waals surface area contributed by atoms with Crippen molar-refractivity contribution in [1.82, 2.24) is 4.90 Å². The number of hydrogen-bond donors (Lipinski definition) is 0. The summed E-state index contributed by atoms with van der Waals surface area (Å²) in [5.74, 6) is -0.00583. The van der Waals surface area contributed by atoms with Crippen LogP contribution >= 0.6 is 0 Å². The Balaban J connectivity index is 1.97. The molecule has 22 heavy (non-hydrogen) atoms. The summed E-state index contributed by atoms with van der Waals surface area (Å²) in [6, 6.07) is 7.76. The van der Waals surface area contributed by atoms with Gasteiger partial charge in [-0.3, -0.25) is 4.79 Å². The lowest BCUT2D eigenvalue weighted by atomic mass is 9.96. The molecule has 120 valence electrons. The van der Waals surface area contributed by atoms with Gasteiger partial charge in [0.25, 0.3) is 0 Å². The van der Waals surface area contributed by atoms with Crippen molar-refractivity contribution < 1.29 is 14.3 Å². The average Bonchev–Trinajstić information content (AvgIpc) is 2.95. The second-order valence-corrected chi connectivity index (χ2v) is 6.83. The van der Waals surface area contributed by atoms with E-state index in [-0.39, 0.29) is 17.8 Å². The Hall–Kier alpha value is -1.84. The maximum absolute atomic E-state index is 12.5. The van der Waals surface area contributed by atoms with E-state index in [1.165, 1.54) is 5.56 Å². The minimum absolute atomic E-state index is 0.119. The van der Waals surface area contributed by atoms with Gasteiger partial charge < -0.3 is 9.64 Å². The van der Waals surface area contributed by atoms with Gasteiger partial charge in [0.15, 0.2) is 5.78 Å². The third-order valence-corrected chi connectivity index (χ3v) is 3.86. The molecule has 4 heteroatoms. The van der Waals surface area contributed by atoms with Crippen LogP contribution < -0.4 is 0 Å². The van der Waals surface area contributed by atoms with Crippen LogP contribution in [0.3, 0.4) is 0 Å². The topological polar surface area (TPSA) is 46.6 Å². The summed E-state index contributed by atoms with van der Waals surface area (Å²) in [5, 5.41) is 0. The summed E-state index contributed by atoms with van der Waals surface area (Å²) >= 11 is 0. The van der Waals surface area contributed by atoms with Crippen molar-refractivity contribution in [3.63, 3.8) is 0 Å². The molecule has 0 aromatic heterocycles. The Kier molecular flexibility index (Phi) is 4.89. The SMILES string of the molecule is CCc1ccc(C(=O)C2CCN(C(=O)OC(C)(C)C)C2)cc1. The van der Waals surface area contributed by atoms with Gasteiger partial charge in [-0.25, -0.2) is 4.79 Å². The second-order valence-electron chi connectivity index (χ2n) is 6.83. The molecule has 1 unspecified atom stereocenters. The fourth-order valence-corrected chi connectivity index (χ4v) is 2.61. The summed E-state index contributed by atoms with van der Waals surface area (Å²) in [5.41, 5.74) is 1.45. The van der Waals surface area contributed by atoms with Gasteiger partial charge in [-0.1, -0.05) is 31.2 Å². The smallest absolute Gasteiger partial charge is 0.410 e. The molecule has 1 amide bonds. The fraction of sp³-hybridized carbons (Fsp3) is 0.556. The number of benzene rings is 1. The highest BCUT2D eigenvalue weighted by molar-refractivity contribution is 5.98. The number of ketones is 1. The molecule has 2 rings (SSSR count). The van der Waals surface area contributed by atoms with E-state index in [0.29, 0.717) is 19.5 Å². The zero-order valence-electron chi connectivity index (χ0n) is 13.9. The highest BCUT2D eigenvalue weighted by Gasteiger charge is 2.33. The molecule has 1 aliphatic heterocycles. The molecule has 1 aliphatic rings. The third kappa shape index (κ3) is 4.09. The lowest BCUT2D eigenvalue weighted by Crippen LogP contribution is -2.35. The van der Waals surface area contributed by atoms with Crippen LogP contribution in [0, 0.1) is 5.92 Å². The van der Waals surface area contributed by atoms with Crippen LogP contribution in [0.4, 0.5) is 4.79 Å². The molecule has 0 N–H and O–H groups in total. The number of carbonyl (C=O) groups is 2. The molecule has 0 aliphatic carbocycles. The second kappa shape index (κ2) is 6.51. The van der Waals surface area contributed by atoms with Gasteiger partial charge in [-0.2, -0.15) is 0 Å². The van der Waals surface area contributed by atoms with Gasteiger partial charge in [-0.05, 0) is 39.2 Å². The van der Waals surface area contributed by atoms with Crippen LogP contribution in [-0.2, 0) is 11.2 Å². The van der Waals surface area contributed by atoms with Crippen molar-refractivity contribution in [1.29, 1.82) is 0 Å². The maximum atomic E-state index is 12.5. The Morgan fingerprint density at radius 1 is 1.23 bits per heavy atom. The Labute approximate surface area is 132 Å². The van der Waals surface area contributed by atoms with Gasteiger partial charge >= 0.3 is 6.09 Å². The number of ether oxygens (including phenoxy) is 1. The summed E-state index contributed by atoms with van der Waals surface area (Å²) in [7, 11) is 0. The van der Waals surface area contributed by atoms with Gasteiger partial charge in [0.05, 0.1) is 0 Å². The lowest BCUT2D eigenvalue weighted by molar-refractivity contribution is 0.0289. The van der Waals surface area contributed by atoms with Gasteiger partial charge in [0, 0.05) is 24.6 Å². The first-order valence-corrected chi connectivity index (χ1v) is 7.91. The average molecular weight is 303 g/mol. The van der Waals surface area contributed by atoms with E-state index in [1.807, 2.05) is 45.0 Å². The lowest BCUT2D eigenvalue weighted by Gasteiger charge is -2.24. The molecule has 0 bridgehead atoms. The molecule has 1 aromatic rings. The monoisotopic (exact) mass is 303 g/mol. The van der Waals surface area contributed by atoms with Crippen LogP contribution in [0.15, 0.2) is 24.3 Å². The highest BCUT2D eigenvalue weighted by atomic mass is 16.6. The van der Waals surface area contributed by atoms with Crippen LogP contribution in [0.5, 0.6) is 0 Å². The standard InChI is InChI=1S/C18H25NO3/c1-5-13-6-8-14(9-7-13)16(20)15-10-11-19(12-15)17(21)22-18(2,3)4/h6-9,15H,5,10-12H2,1-4H3. The van der Waals surface area contributed by atoms with Crippen LogP contribution in [-0.4, -0.2) is 35.5 Å². The van der Waals surface area contributed by atoms with Crippen molar-refractivity contribution >= 4 is 11.9 Å². The number of nitrogens with zero attached hydrogens (tertiary/aromatic N) is 1. The fourth-order valence-electron chi connectivity index (χ4n) is 2.61. The molecule has 0 saturated carbocycles. The van der Waals surface area contributed by atoms with Crippen molar-refractivity contribution in [3.05, 3.63) is 35.4 Å². The maximum Gasteiger partial charge on any atom is 0.410 e. The molecule has 4 nitrogen and oxygen atoms in total. The van der Waals surface area contributed by atoms with E-state index in [2.05, 4.69) is 6.92 Å². The normalized spacial score (nSPS) is 18.4. The van der Waals surface area contributed by atoms with E-state index in [1.54, 1.807) is 4.90 Å². The van der Waals surface area contributed by atoms with Crippen LogP contribution in [0.2, 0.25) is 0 Å².